The molecule has 2 aromatic rings. The van der Waals surface area contributed by atoms with E-state index in [-0.39, 0.29) is 11.6 Å². The van der Waals surface area contributed by atoms with E-state index in [9.17, 15) is 4.39 Å². The van der Waals surface area contributed by atoms with Crippen LogP contribution < -0.4 is 5.32 Å². The van der Waals surface area contributed by atoms with Crippen molar-refractivity contribution >= 4 is 15.9 Å². The number of aromatic nitrogens is 3. The molecule has 21 heavy (non-hydrogen) atoms. The molecule has 0 aromatic carbocycles. The maximum absolute atomic E-state index is 14.6. The highest BCUT2D eigenvalue weighted by molar-refractivity contribution is 9.10. The Kier molecular flexibility index (Phi) is 5.11. The normalized spacial score (nSPS) is 11.4. The van der Waals surface area contributed by atoms with Crippen molar-refractivity contribution in [1.82, 2.24) is 20.1 Å². The zero-order valence-electron chi connectivity index (χ0n) is 12.7. The van der Waals surface area contributed by atoms with Crippen LogP contribution in [0.2, 0.25) is 0 Å². The molecule has 4 nitrogen and oxygen atoms in total. The first-order valence-electron chi connectivity index (χ1n) is 6.98. The summed E-state index contributed by atoms with van der Waals surface area (Å²) in [6.45, 7) is 9.33. The molecular weight excluding hydrogens is 335 g/mol. The van der Waals surface area contributed by atoms with Gasteiger partial charge in [-0.05, 0) is 48.3 Å². The van der Waals surface area contributed by atoms with E-state index in [1.165, 1.54) is 0 Å². The zero-order valence-corrected chi connectivity index (χ0v) is 14.3. The first-order chi connectivity index (χ1) is 9.91. The molecule has 0 saturated carbocycles. The average molecular weight is 355 g/mol. The number of rotatable bonds is 5. The molecule has 6 heteroatoms. The van der Waals surface area contributed by atoms with Crippen LogP contribution in [0.3, 0.4) is 0 Å². The number of halogens is 2. The van der Waals surface area contributed by atoms with E-state index in [4.69, 9.17) is 0 Å². The summed E-state index contributed by atoms with van der Waals surface area (Å²) >= 11 is 3.45. The molecule has 2 aromatic heterocycles. The lowest BCUT2D eigenvalue weighted by molar-refractivity contribution is 0.528. The monoisotopic (exact) mass is 354 g/mol. The smallest absolute Gasteiger partial charge is 0.190 e. The Bertz CT molecular complexity index is 637. The van der Waals surface area contributed by atoms with Crippen LogP contribution in [0.4, 0.5) is 4.39 Å². The van der Waals surface area contributed by atoms with Crippen LogP contribution in [0.5, 0.6) is 0 Å². The third-order valence-corrected chi connectivity index (χ3v) is 4.37. The van der Waals surface area contributed by atoms with Gasteiger partial charge in [0, 0.05) is 18.3 Å². The molecule has 0 aliphatic rings. The minimum atomic E-state index is -0.327. The second kappa shape index (κ2) is 6.66. The van der Waals surface area contributed by atoms with Gasteiger partial charge in [0.25, 0.3) is 0 Å². The topological polar surface area (TPSA) is 42.7 Å². The highest BCUT2D eigenvalue weighted by atomic mass is 79.9. The van der Waals surface area contributed by atoms with Gasteiger partial charge < -0.3 is 5.32 Å². The van der Waals surface area contributed by atoms with Crippen LogP contribution in [-0.4, -0.2) is 21.3 Å². The molecule has 2 rings (SSSR count). The fourth-order valence-corrected chi connectivity index (χ4v) is 2.33. The molecule has 0 fully saturated rings. The lowest BCUT2D eigenvalue weighted by Gasteiger charge is -2.11. The van der Waals surface area contributed by atoms with Crippen molar-refractivity contribution in [3.8, 4) is 5.82 Å². The van der Waals surface area contributed by atoms with Gasteiger partial charge in [0.2, 0.25) is 0 Å². The molecule has 0 atom stereocenters. The highest BCUT2D eigenvalue weighted by Crippen LogP contribution is 2.24. The third kappa shape index (κ3) is 3.49. The lowest BCUT2D eigenvalue weighted by atomic mass is 10.2. The van der Waals surface area contributed by atoms with Crippen molar-refractivity contribution in [3.63, 3.8) is 0 Å². The fourth-order valence-electron chi connectivity index (χ4n) is 2.08. The molecule has 114 valence electrons. The number of pyridine rings is 1. The summed E-state index contributed by atoms with van der Waals surface area (Å²) in [5.74, 6) is 0.443. The Morgan fingerprint density at radius 2 is 2.10 bits per heavy atom. The summed E-state index contributed by atoms with van der Waals surface area (Å²) in [7, 11) is 0. The second-order valence-corrected chi connectivity index (χ2v) is 6.32. The third-order valence-electron chi connectivity index (χ3n) is 3.22. The molecule has 0 spiro atoms. The summed E-state index contributed by atoms with van der Waals surface area (Å²) in [5, 5.41) is 7.58. The second-order valence-electron chi connectivity index (χ2n) is 5.53. The largest absolute Gasteiger partial charge is 0.312 e. The molecule has 0 bridgehead atoms. The first kappa shape index (κ1) is 16.1. The Labute approximate surface area is 132 Å². The number of nitrogens with zero attached hydrogens (tertiary/aromatic N) is 3. The standard InChI is InChI=1S/C15H20BrFN4/c1-9(2)7-18-8-12-5-6-19-15(14(12)17)21-11(4)13(16)10(3)20-21/h5-6,9,18H,7-8H2,1-4H3. The van der Waals surface area contributed by atoms with Crippen LogP contribution >= 0.6 is 15.9 Å². The summed E-state index contributed by atoms with van der Waals surface area (Å²) in [4.78, 5) is 4.14. The van der Waals surface area contributed by atoms with Crippen molar-refractivity contribution in [2.75, 3.05) is 6.54 Å². The molecule has 0 unspecified atom stereocenters. The van der Waals surface area contributed by atoms with Gasteiger partial charge in [0.1, 0.15) is 0 Å². The van der Waals surface area contributed by atoms with Crippen molar-refractivity contribution in [1.29, 1.82) is 0 Å². The average Bonchev–Trinajstić information content (AvgIpc) is 2.68. The van der Waals surface area contributed by atoms with Gasteiger partial charge in [-0.15, -0.1) is 0 Å². The van der Waals surface area contributed by atoms with Gasteiger partial charge >= 0.3 is 0 Å². The van der Waals surface area contributed by atoms with E-state index in [0.717, 1.165) is 22.4 Å². The van der Waals surface area contributed by atoms with Crippen molar-refractivity contribution in [2.24, 2.45) is 5.92 Å². The number of aryl methyl sites for hydroxylation is 1. The van der Waals surface area contributed by atoms with E-state index in [0.29, 0.717) is 18.0 Å². The minimum absolute atomic E-state index is 0.241. The van der Waals surface area contributed by atoms with Crippen LogP contribution in [-0.2, 0) is 6.54 Å². The molecule has 0 aliphatic carbocycles. The Morgan fingerprint density at radius 3 is 2.67 bits per heavy atom. The molecule has 0 radical (unpaired) electrons. The maximum Gasteiger partial charge on any atom is 0.190 e. The molecule has 0 aliphatic heterocycles. The van der Waals surface area contributed by atoms with Gasteiger partial charge in [-0.2, -0.15) is 5.10 Å². The van der Waals surface area contributed by atoms with Crippen molar-refractivity contribution in [2.45, 2.75) is 34.2 Å². The van der Waals surface area contributed by atoms with Gasteiger partial charge in [-0.25, -0.2) is 14.1 Å². The van der Waals surface area contributed by atoms with E-state index in [1.54, 1.807) is 16.9 Å². The van der Waals surface area contributed by atoms with Gasteiger partial charge in [0.05, 0.1) is 15.9 Å². The number of nitrogens with one attached hydrogen (secondary N) is 1. The quantitative estimate of drug-likeness (QED) is 0.892. The van der Waals surface area contributed by atoms with Gasteiger partial charge in [-0.1, -0.05) is 13.8 Å². The van der Waals surface area contributed by atoms with E-state index in [1.807, 2.05) is 13.8 Å². The highest BCUT2D eigenvalue weighted by Gasteiger charge is 2.17. The summed E-state index contributed by atoms with van der Waals surface area (Å²) in [6.07, 6.45) is 1.62. The summed E-state index contributed by atoms with van der Waals surface area (Å²) in [6, 6.07) is 1.70. The number of hydrogen-bond donors (Lipinski definition) is 1. The molecule has 2 heterocycles. The Hall–Kier alpha value is -1.27. The molecule has 0 amide bonds. The molecule has 0 saturated heterocycles. The SMILES string of the molecule is Cc1nn(-c2nccc(CNCC(C)C)c2F)c(C)c1Br. The first-order valence-corrected chi connectivity index (χ1v) is 7.77. The Balaban J connectivity index is 2.31. The summed E-state index contributed by atoms with van der Waals surface area (Å²) < 4.78 is 17.0. The van der Waals surface area contributed by atoms with Crippen molar-refractivity contribution in [3.05, 3.63) is 39.5 Å². The summed E-state index contributed by atoms with van der Waals surface area (Å²) in [5.41, 5.74) is 2.26. The Morgan fingerprint density at radius 1 is 1.38 bits per heavy atom. The van der Waals surface area contributed by atoms with Crippen LogP contribution in [0.15, 0.2) is 16.7 Å². The number of hydrogen-bond acceptors (Lipinski definition) is 3. The van der Waals surface area contributed by atoms with Crippen LogP contribution in [0.25, 0.3) is 5.82 Å². The predicted octanol–water partition coefficient (Wildman–Crippen LogP) is 3.53. The maximum atomic E-state index is 14.6. The van der Waals surface area contributed by atoms with E-state index in [2.05, 4.69) is 45.2 Å². The molecular formula is C15H20BrFN4. The van der Waals surface area contributed by atoms with Crippen LogP contribution in [0.1, 0.15) is 30.8 Å². The van der Waals surface area contributed by atoms with E-state index >= 15 is 0 Å². The van der Waals surface area contributed by atoms with Gasteiger partial charge in [-0.3, -0.25) is 0 Å². The lowest BCUT2D eigenvalue weighted by Crippen LogP contribution is -2.20. The fraction of sp³-hybridized carbons (Fsp3) is 0.467. The predicted molar refractivity (Wildman–Crippen MR) is 85.0 cm³/mol. The van der Waals surface area contributed by atoms with Crippen molar-refractivity contribution < 1.29 is 4.39 Å². The minimum Gasteiger partial charge on any atom is -0.312 e. The van der Waals surface area contributed by atoms with E-state index < -0.39 is 0 Å². The van der Waals surface area contributed by atoms with Crippen LogP contribution in [0, 0.1) is 25.6 Å². The zero-order chi connectivity index (χ0) is 15.6. The van der Waals surface area contributed by atoms with Gasteiger partial charge in [0.15, 0.2) is 11.6 Å². The molecule has 1 N–H and O–H groups in total.